The first-order valence-corrected chi connectivity index (χ1v) is 8.18. The summed E-state index contributed by atoms with van der Waals surface area (Å²) in [6.07, 6.45) is 2.92. The molecule has 0 aliphatic carbocycles. The molecule has 1 aliphatic rings. The van der Waals surface area contributed by atoms with Gasteiger partial charge >= 0.3 is 0 Å². The van der Waals surface area contributed by atoms with Gasteiger partial charge < -0.3 is 14.9 Å². The first-order chi connectivity index (χ1) is 10.4. The molecule has 0 fully saturated rings. The third-order valence-corrected chi connectivity index (χ3v) is 4.19. The van der Waals surface area contributed by atoms with Crippen LogP contribution >= 0.6 is 0 Å². The van der Waals surface area contributed by atoms with Gasteiger partial charge in [0.15, 0.2) is 0 Å². The van der Waals surface area contributed by atoms with E-state index in [9.17, 15) is 5.11 Å². The van der Waals surface area contributed by atoms with E-state index in [0.29, 0.717) is 0 Å². The standard InChI is InChI=1S/C17H30N4O/c1-13-10-16(19(3)4)15-11-21(9-7-6-8-14(2)22)12-20(5)17(15)18-13/h10,14,22H,6-9,11-12H2,1-5H3/t14-/m1/s1. The Morgan fingerprint density at radius 3 is 2.73 bits per heavy atom. The van der Waals surface area contributed by atoms with Gasteiger partial charge in [-0.05, 0) is 39.2 Å². The molecule has 5 nitrogen and oxygen atoms in total. The number of aliphatic hydroxyl groups excluding tert-OH is 1. The molecule has 1 N–H and O–H groups in total. The van der Waals surface area contributed by atoms with Crippen LogP contribution in [0.25, 0.3) is 0 Å². The molecule has 0 spiro atoms. The van der Waals surface area contributed by atoms with Crippen molar-refractivity contribution in [3.05, 3.63) is 17.3 Å². The van der Waals surface area contributed by atoms with Gasteiger partial charge in [-0.3, -0.25) is 4.90 Å². The zero-order valence-corrected chi connectivity index (χ0v) is 14.6. The Bertz CT molecular complexity index is 484. The van der Waals surface area contributed by atoms with Crippen molar-refractivity contribution in [1.29, 1.82) is 0 Å². The van der Waals surface area contributed by atoms with Crippen LogP contribution < -0.4 is 9.80 Å². The Morgan fingerprint density at radius 1 is 1.36 bits per heavy atom. The summed E-state index contributed by atoms with van der Waals surface area (Å²) < 4.78 is 0. The largest absolute Gasteiger partial charge is 0.393 e. The van der Waals surface area contributed by atoms with Gasteiger partial charge in [0.05, 0.1) is 12.8 Å². The molecule has 0 saturated heterocycles. The average molecular weight is 306 g/mol. The second-order valence-electron chi connectivity index (χ2n) is 6.72. The maximum Gasteiger partial charge on any atom is 0.136 e. The van der Waals surface area contributed by atoms with Crippen molar-refractivity contribution in [2.24, 2.45) is 0 Å². The van der Waals surface area contributed by atoms with Crippen LogP contribution in [0.15, 0.2) is 6.07 Å². The van der Waals surface area contributed by atoms with Gasteiger partial charge in [0, 0.05) is 51.2 Å². The van der Waals surface area contributed by atoms with Crippen LogP contribution in [0.1, 0.15) is 37.4 Å². The fourth-order valence-electron chi connectivity index (χ4n) is 3.10. The molecule has 1 aliphatic heterocycles. The number of fused-ring (bicyclic) bond motifs is 1. The molecule has 22 heavy (non-hydrogen) atoms. The minimum Gasteiger partial charge on any atom is -0.393 e. The lowest BCUT2D eigenvalue weighted by Crippen LogP contribution is -2.41. The van der Waals surface area contributed by atoms with Gasteiger partial charge in [0.25, 0.3) is 0 Å². The monoisotopic (exact) mass is 306 g/mol. The highest BCUT2D eigenvalue weighted by Crippen LogP contribution is 2.32. The van der Waals surface area contributed by atoms with Crippen molar-refractivity contribution < 1.29 is 5.11 Å². The minimum atomic E-state index is -0.183. The van der Waals surface area contributed by atoms with Gasteiger partial charge in [-0.25, -0.2) is 4.98 Å². The van der Waals surface area contributed by atoms with E-state index in [-0.39, 0.29) is 6.10 Å². The zero-order chi connectivity index (χ0) is 16.3. The Morgan fingerprint density at radius 2 is 2.09 bits per heavy atom. The molecule has 5 heteroatoms. The maximum absolute atomic E-state index is 9.35. The van der Waals surface area contributed by atoms with Crippen molar-refractivity contribution in [1.82, 2.24) is 9.88 Å². The molecule has 0 saturated carbocycles. The lowest BCUT2D eigenvalue weighted by Gasteiger charge is -2.37. The number of aromatic nitrogens is 1. The van der Waals surface area contributed by atoms with E-state index < -0.39 is 0 Å². The topological polar surface area (TPSA) is 42.8 Å². The molecular weight excluding hydrogens is 276 g/mol. The molecule has 0 amide bonds. The molecule has 0 radical (unpaired) electrons. The second-order valence-corrected chi connectivity index (χ2v) is 6.72. The Balaban J connectivity index is 2.08. The molecule has 0 unspecified atom stereocenters. The molecule has 0 aromatic carbocycles. The SMILES string of the molecule is Cc1cc(N(C)C)c2c(n1)N(C)CN(CCCC[C@@H](C)O)C2. The van der Waals surface area contributed by atoms with Crippen LogP contribution in [-0.4, -0.2) is 55.5 Å². The summed E-state index contributed by atoms with van der Waals surface area (Å²) in [5, 5.41) is 9.35. The first-order valence-electron chi connectivity index (χ1n) is 8.18. The summed E-state index contributed by atoms with van der Waals surface area (Å²) in [4.78, 5) is 11.6. The smallest absolute Gasteiger partial charge is 0.136 e. The van der Waals surface area contributed by atoms with E-state index in [1.54, 1.807) is 0 Å². The molecule has 1 aromatic rings. The molecule has 1 aromatic heterocycles. The predicted molar refractivity (Wildman–Crippen MR) is 92.5 cm³/mol. The molecule has 2 heterocycles. The van der Waals surface area contributed by atoms with Crippen LogP contribution in [0.5, 0.6) is 0 Å². The van der Waals surface area contributed by atoms with Crippen LogP contribution in [0, 0.1) is 6.92 Å². The number of hydrogen-bond donors (Lipinski definition) is 1. The third kappa shape index (κ3) is 4.11. The summed E-state index contributed by atoms with van der Waals surface area (Å²) in [6.45, 7) is 6.86. The van der Waals surface area contributed by atoms with Crippen LogP contribution in [0.4, 0.5) is 11.5 Å². The van der Waals surface area contributed by atoms with E-state index >= 15 is 0 Å². The summed E-state index contributed by atoms with van der Waals surface area (Å²) >= 11 is 0. The highest BCUT2D eigenvalue weighted by atomic mass is 16.3. The van der Waals surface area contributed by atoms with Gasteiger partial charge in [-0.2, -0.15) is 0 Å². The minimum absolute atomic E-state index is 0.183. The van der Waals surface area contributed by atoms with Gasteiger partial charge in [0.1, 0.15) is 5.82 Å². The van der Waals surface area contributed by atoms with Crippen molar-refractivity contribution in [2.75, 3.05) is 44.2 Å². The quantitative estimate of drug-likeness (QED) is 0.816. The van der Waals surface area contributed by atoms with Gasteiger partial charge in [-0.1, -0.05) is 0 Å². The van der Waals surface area contributed by atoms with Gasteiger partial charge in [0.2, 0.25) is 0 Å². The molecule has 1 atom stereocenters. The van der Waals surface area contributed by atoms with Gasteiger partial charge in [-0.15, -0.1) is 0 Å². The zero-order valence-electron chi connectivity index (χ0n) is 14.6. The Labute approximate surface area is 134 Å². The lowest BCUT2D eigenvalue weighted by atomic mass is 10.1. The first kappa shape index (κ1) is 17.0. The van der Waals surface area contributed by atoms with Crippen molar-refractivity contribution in [3.63, 3.8) is 0 Å². The average Bonchev–Trinajstić information content (AvgIpc) is 2.43. The summed E-state index contributed by atoms with van der Waals surface area (Å²) in [5.74, 6) is 1.11. The molecule has 124 valence electrons. The maximum atomic E-state index is 9.35. The lowest BCUT2D eigenvalue weighted by molar-refractivity contribution is 0.175. The summed E-state index contributed by atoms with van der Waals surface area (Å²) in [5.41, 5.74) is 3.66. The summed E-state index contributed by atoms with van der Waals surface area (Å²) in [6, 6.07) is 2.17. The molecule has 2 rings (SSSR count). The summed E-state index contributed by atoms with van der Waals surface area (Å²) in [7, 11) is 6.31. The Hall–Kier alpha value is -1.33. The van der Waals surface area contributed by atoms with Crippen molar-refractivity contribution in [2.45, 2.75) is 45.8 Å². The fraction of sp³-hybridized carbons (Fsp3) is 0.706. The van der Waals surface area contributed by atoms with Crippen molar-refractivity contribution in [3.8, 4) is 0 Å². The van der Waals surface area contributed by atoms with Crippen molar-refractivity contribution >= 4 is 11.5 Å². The number of rotatable bonds is 6. The third-order valence-electron chi connectivity index (χ3n) is 4.19. The van der Waals surface area contributed by atoms with E-state index in [4.69, 9.17) is 4.98 Å². The number of hydrogen-bond acceptors (Lipinski definition) is 5. The number of unbranched alkanes of at least 4 members (excludes halogenated alkanes) is 1. The van der Waals surface area contributed by atoms with Crippen LogP contribution in [0.3, 0.4) is 0 Å². The highest BCUT2D eigenvalue weighted by Gasteiger charge is 2.24. The highest BCUT2D eigenvalue weighted by molar-refractivity contribution is 5.65. The molecule has 0 bridgehead atoms. The number of anilines is 2. The van der Waals surface area contributed by atoms with E-state index in [1.165, 1.54) is 11.3 Å². The number of pyridine rings is 1. The van der Waals surface area contributed by atoms with Crippen LogP contribution in [0.2, 0.25) is 0 Å². The fourth-order valence-corrected chi connectivity index (χ4v) is 3.10. The Kier molecular flexibility index (Phi) is 5.64. The van der Waals surface area contributed by atoms with E-state index in [2.05, 4.69) is 48.8 Å². The van der Waals surface area contributed by atoms with E-state index in [0.717, 1.165) is 50.5 Å². The predicted octanol–water partition coefficient (Wildman–Crippen LogP) is 2.22. The molecular formula is C17H30N4O. The van der Waals surface area contributed by atoms with E-state index in [1.807, 2.05) is 6.92 Å². The second kappa shape index (κ2) is 7.29. The van der Waals surface area contributed by atoms with Crippen LogP contribution in [-0.2, 0) is 6.54 Å². The number of aryl methyl sites for hydroxylation is 1. The number of aliphatic hydroxyl groups is 1. The number of nitrogens with zero attached hydrogens (tertiary/aromatic N) is 4. The normalized spacial score (nSPS) is 16.5.